The molecular weight excluding hydrogens is 184 g/mol. The van der Waals surface area contributed by atoms with E-state index in [-0.39, 0.29) is 0 Å². The molecule has 1 fully saturated rings. The Morgan fingerprint density at radius 2 is 1.80 bits per heavy atom. The minimum atomic E-state index is 0.773. The highest BCUT2D eigenvalue weighted by Crippen LogP contribution is 2.29. The Morgan fingerprint density at radius 3 is 2.33 bits per heavy atom. The molecule has 0 spiro atoms. The first kappa shape index (κ1) is 13.0. The van der Waals surface area contributed by atoms with Crippen molar-refractivity contribution >= 4 is 0 Å². The SMILES string of the molecule is CC(C)CN(C)CC1CCCCC1CN. The van der Waals surface area contributed by atoms with E-state index in [2.05, 4.69) is 25.8 Å². The summed E-state index contributed by atoms with van der Waals surface area (Å²) in [4.78, 5) is 2.49. The van der Waals surface area contributed by atoms with Crippen LogP contribution in [0, 0.1) is 17.8 Å². The number of nitrogens with zero attached hydrogens (tertiary/aromatic N) is 1. The molecule has 1 saturated carbocycles. The van der Waals surface area contributed by atoms with Crippen LogP contribution in [0.4, 0.5) is 0 Å². The van der Waals surface area contributed by atoms with Crippen LogP contribution < -0.4 is 5.73 Å². The molecule has 2 N–H and O–H groups in total. The van der Waals surface area contributed by atoms with Crippen LogP contribution in [-0.2, 0) is 0 Å². The molecule has 1 aliphatic carbocycles. The number of rotatable bonds is 5. The number of hydrogen-bond donors (Lipinski definition) is 1. The van der Waals surface area contributed by atoms with Crippen molar-refractivity contribution in [3.63, 3.8) is 0 Å². The fourth-order valence-electron chi connectivity index (χ4n) is 2.93. The van der Waals surface area contributed by atoms with E-state index in [1.807, 2.05) is 0 Å². The molecule has 2 heteroatoms. The summed E-state index contributed by atoms with van der Waals surface area (Å²) in [6.07, 6.45) is 5.56. The van der Waals surface area contributed by atoms with Crippen molar-refractivity contribution in [2.75, 3.05) is 26.7 Å². The van der Waals surface area contributed by atoms with Crippen LogP contribution in [0.2, 0.25) is 0 Å². The molecule has 15 heavy (non-hydrogen) atoms. The molecular formula is C13H28N2. The molecule has 0 aromatic carbocycles. The first-order chi connectivity index (χ1) is 7.13. The third-order valence-electron chi connectivity index (χ3n) is 3.59. The van der Waals surface area contributed by atoms with Gasteiger partial charge in [0.2, 0.25) is 0 Å². The minimum absolute atomic E-state index is 0.773. The molecule has 0 aromatic heterocycles. The van der Waals surface area contributed by atoms with Gasteiger partial charge in [0.25, 0.3) is 0 Å². The van der Waals surface area contributed by atoms with E-state index in [0.717, 1.165) is 24.3 Å². The topological polar surface area (TPSA) is 29.3 Å². The maximum Gasteiger partial charge on any atom is 0.000984 e. The average Bonchev–Trinajstić information content (AvgIpc) is 2.17. The fraction of sp³-hybridized carbons (Fsp3) is 1.00. The summed E-state index contributed by atoms with van der Waals surface area (Å²) < 4.78 is 0. The third kappa shape index (κ3) is 4.52. The molecule has 0 aromatic rings. The second kappa shape index (κ2) is 6.49. The minimum Gasteiger partial charge on any atom is -0.330 e. The average molecular weight is 212 g/mol. The summed E-state index contributed by atoms with van der Waals surface area (Å²) in [5, 5.41) is 0. The second-order valence-corrected chi connectivity index (χ2v) is 5.66. The van der Waals surface area contributed by atoms with Crippen molar-refractivity contribution in [1.82, 2.24) is 4.90 Å². The molecule has 0 radical (unpaired) electrons. The summed E-state index contributed by atoms with van der Waals surface area (Å²) in [5.41, 5.74) is 5.85. The summed E-state index contributed by atoms with van der Waals surface area (Å²) >= 11 is 0. The van der Waals surface area contributed by atoms with Crippen molar-refractivity contribution in [1.29, 1.82) is 0 Å². The largest absolute Gasteiger partial charge is 0.330 e. The predicted molar refractivity (Wildman–Crippen MR) is 66.8 cm³/mol. The van der Waals surface area contributed by atoms with Gasteiger partial charge in [0.15, 0.2) is 0 Å². The van der Waals surface area contributed by atoms with Gasteiger partial charge in [0, 0.05) is 13.1 Å². The monoisotopic (exact) mass is 212 g/mol. The van der Waals surface area contributed by atoms with E-state index < -0.39 is 0 Å². The highest BCUT2D eigenvalue weighted by atomic mass is 15.1. The lowest BCUT2D eigenvalue weighted by molar-refractivity contribution is 0.165. The second-order valence-electron chi connectivity index (χ2n) is 5.66. The number of hydrogen-bond acceptors (Lipinski definition) is 2. The van der Waals surface area contributed by atoms with Crippen molar-refractivity contribution in [3.8, 4) is 0 Å². The van der Waals surface area contributed by atoms with E-state index >= 15 is 0 Å². The molecule has 0 saturated heterocycles. The Bertz CT molecular complexity index is 168. The van der Waals surface area contributed by atoms with Crippen LogP contribution in [-0.4, -0.2) is 31.6 Å². The van der Waals surface area contributed by atoms with Gasteiger partial charge < -0.3 is 10.6 Å². The Hall–Kier alpha value is -0.0800. The lowest BCUT2D eigenvalue weighted by Crippen LogP contribution is -2.36. The van der Waals surface area contributed by atoms with Crippen molar-refractivity contribution in [3.05, 3.63) is 0 Å². The first-order valence-corrected chi connectivity index (χ1v) is 6.52. The molecule has 90 valence electrons. The zero-order valence-corrected chi connectivity index (χ0v) is 10.7. The molecule has 2 unspecified atom stereocenters. The van der Waals surface area contributed by atoms with E-state index in [4.69, 9.17) is 5.73 Å². The van der Waals surface area contributed by atoms with Crippen molar-refractivity contribution < 1.29 is 0 Å². The summed E-state index contributed by atoms with van der Waals surface area (Å²) in [6, 6.07) is 0. The lowest BCUT2D eigenvalue weighted by atomic mass is 9.79. The predicted octanol–water partition coefficient (Wildman–Crippen LogP) is 2.34. The maximum atomic E-state index is 5.85. The smallest absolute Gasteiger partial charge is 0.000984 e. The van der Waals surface area contributed by atoms with E-state index in [1.165, 1.54) is 38.8 Å². The Kier molecular flexibility index (Phi) is 5.62. The maximum absolute atomic E-state index is 5.85. The van der Waals surface area contributed by atoms with Gasteiger partial charge in [0.1, 0.15) is 0 Å². The first-order valence-electron chi connectivity index (χ1n) is 6.52. The third-order valence-corrected chi connectivity index (χ3v) is 3.59. The van der Waals surface area contributed by atoms with E-state index in [0.29, 0.717) is 0 Å². The van der Waals surface area contributed by atoms with Gasteiger partial charge >= 0.3 is 0 Å². The van der Waals surface area contributed by atoms with E-state index in [1.54, 1.807) is 0 Å². The Labute approximate surface area is 95.2 Å². The van der Waals surface area contributed by atoms with Crippen LogP contribution in [0.5, 0.6) is 0 Å². The quantitative estimate of drug-likeness (QED) is 0.758. The zero-order chi connectivity index (χ0) is 11.3. The van der Waals surface area contributed by atoms with Crippen LogP contribution in [0.3, 0.4) is 0 Å². The standard InChI is InChI=1S/C13H28N2/c1-11(2)9-15(3)10-13-7-5-4-6-12(13)8-14/h11-13H,4-10,14H2,1-3H3. The summed E-state index contributed by atoms with van der Waals surface area (Å²) in [6.45, 7) is 7.93. The summed E-state index contributed by atoms with van der Waals surface area (Å²) in [7, 11) is 2.25. The molecule has 0 bridgehead atoms. The highest BCUT2D eigenvalue weighted by Gasteiger charge is 2.24. The van der Waals surface area contributed by atoms with E-state index in [9.17, 15) is 0 Å². The number of nitrogens with two attached hydrogens (primary N) is 1. The van der Waals surface area contributed by atoms with Crippen molar-refractivity contribution in [2.24, 2.45) is 23.5 Å². The molecule has 2 nitrogen and oxygen atoms in total. The normalized spacial score (nSPS) is 27.6. The fourth-order valence-corrected chi connectivity index (χ4v) is 2.93. The molecule has 0 aliphatic heterocycles. The highest BCUT2D eigenvalue weighted by molar-refractivity contribution is 4.78. The van der Waals surface area contributed by atoms with Gasteiger partial charge in [-0.2, -0.15) is 0 Å². The molecule has 0 heterocycles. The van der Waals surface area contributed by atoms with Crippen LogP contribution in [0.25, 0.3) is 0 Å². The lowest BCUT2D eigenvalue weighted by Gasteiger charge is -2.34. The van der Waals surface area contributed by atoms with Gasteiger partial charge in [-0.15, -0.1) is 0 Å². The summed E-state index contributed by atoms with van der Waals surface area (Å²) in [5.74, 6) is 2.41. The van der Waals surface area contributed by atoms with Crippen LogP contribution >= 0.6 is 0 Å². The van der Waals surface area contributed by atoms with Crippen LogP contribution in [0.1, 0.15) is 39.5 Å². The molecule has 1 aliphatic rings. The van der Waals surface area contributed by atoms with Crippen LogP contribution in [0.15, 0.2) is 0 Å². The molecule has 2 atom stereocenters. The van der Waals surface area contributed by atoms with Gasteiger partial charge in [-0.1, -0.05) is 26.7 Å². The molecule has 1 rings (SSSR count). The molecule has 0 amide bonds. The van der Waals surface area contributed by atoms with Crippen molar-refractivity contribution in [2.45, 2.75) is 39.5 Å². The van der Waals surface area contributed by atoms with Gasteiger partial charge in [-0.3, -0.25) is 0 Å². The Morgan fingerprint density at radius 1 is 1.20 bits per heavy atom. The van der Waals surface area contributed by atoms with Gasteiger partial charge in [-0.25, -0.2) is 0 Å². The van der Waals surface area contributed by atoms with Gasteiger partial charge in [0.05, 0.1) is 0 Å². The van der Waals surface area contributed by atoms with Gasteiger partial charge in [-0.05, 0) is 44.2 Å². The zero-order valence-electron chi connectivity index (χ0n) is 10.7. The Balaban J connectivity index is 2.33.